The Bertz CT molecular complexity index is 346. The highest BCUT2D eigenvalue weighted by atomic mass is 32.1. The number of thiazole rings is 1. The van der Waals surface area contributed by atoms with Crippen LogP contribution in [0.15, 0.2) is 6.20 Å². The molecule has 0 aliphatic carbocycles. The van der Waals surface area contributed by atoms with Crippen molar-refractivity contribution in [2.24, 2.45) is 0 Å². The highest BCUT2D eigenvalue weighted by molar-refractivity contribution is 7.11. The first kappa shape index (κ1) is 12.1. The molecule has 0 saturated carbocycles. The fourth-order valence-corrected chi connectivity index (χ4v) is 2.07. The molecule has 2 N–H and O–H groups in total. The van der Waals surface area contributed by atoms with Crippen molar-refractivity contribution >= 4 is 17.2 Å². The van der Waals surface area contributed by atoms with Gasteiger partial charge < -0.3 is 10.6 Å². The van der Waals surface area contributed by atoms with Crippen molar-refractivity contribution in [1.29, 1.82) is 0 Å². The lowest BCUT2D eigenvalue weighted by Crippen LogP contribution is -2.44. The van der Waals surface area contributed by atoms with E-state index in [0.717, 1.165) is 9.88 Å². The number of aryl methyl sites for hydroxylation is 1. The van der Waals surface area contributed by atoms with Crippen LogP contribution in [0.2, 0.25) is 0 Å². The van der Waals surface area contributed by atoms with E-state index in [1.54, 1.807) is 18.4 Å². The molecule has 0 unspecified atom stereocenters. The maximum absolute atomic E-state index is 11.4. The highest BCUT2D eigenvalue weighted by Crippen LogP contribution is 2.24. The van der Waals surface area contributed by atoms with Crippen LogP contribution in [0.25, 0.3) is 0 Å². The highest BCUT2D eigenvalue weighted by Gasteiger charge is 2.25. The van der Waals surface area contributed by atoms with E-state index in [2.05, 4.69) is 15.6 Å². The molecule has 0 saturated heterocycles. The number of aromatic nitrogens is 1. The molecule has 5 heteroatoms. The fraction of sp³-hybridized carbons (Fsp3) is 0.600. The number of nitrogens with zero attached hydrogens (tertiary/aromatic N) is 1. The van der Waals surface area contributed by atoms with Crippen molar-refractivity contribution in [3.05, 3.63) is 16.1 Å². The molecular weight excluding hydrogens is 210 g/mol. The molecule has 0 aliphatic rings. The van der Waals surface area contributed by atoms with Crippen LogP contribution in [-0.4, -0.2) is 24.5 Å². The van der Waals surface area contributed by atoms with E-state index in [1.165, 1.54) is 0 Å². The molecule has 1 rings (SSSR count). The monoisotopic (exact) mass is 227 g/mol. The lowest BCUT2D eigenvalue weighted by Gasteiger charge is -2.23. The van der Waals surface area contributed by atoms with Crippen molar-refractivity contribution in [3.63, 3.8) is 0 Å². The Kier molecular flexibility index (Phi) is 3.82. The minimum atomic E-state index is -0.396. The molecule has 0 aliphatic heterocycles. The molecule has 1 heterocycles. The molecule has 0 fully saturated rings. The number of nitrogens with one attached hydrogen (secondary N) is 2. The SMILES string of the molecule is CNCC(=O)NC(C)(C)c1ncc(C)s1. The van der Waals surface area contributed by atoms with Crippen molar-refractivity contribution in [1.82, 2.24) is 15.6 Å². The van der Waals surface area contributed by atoms with Crippen LogP contribution in [0.4, 0.5) is 0 Å². The van der Waals surface area contributed by atoms with Gasteiger partial charge in [0.05, 0.1) is 12.1 Å². The van der Waals surface area contributed by atoms with Gasteiger partial charge in [0.25, 0.3) is 0 Å². The Morgan fingerprint density at radius 3 is 2.73 bits per heavy atom. The predicted molar refractivity (Wildman–Crippen MR) is 61.9 cm³/mol. The summed E-state index contributed by atoms with van der Waals surface area (Å²) in [6, 6.07) is 0. The second kappa shape index (κ2) is 4.72. The molecule has 84 valence electrons. The summed E-state index contributed by atoms with van der Waals surface area (Å²) in [7, 11) is 1.75. The first-order valence-corrected chi connectivity index (χ1v) is 5.66. The second-order valence-electron chi connectivity index (χ2n) is 3.98. The molecule has 1 amide bonds. The molecule has 0 bridgehead atoms. The lowest BCUT2D eigenvalue weighted by atomic mass is 10.1. The van der Waals surface area contributed by atoms with Crippen LogP contribution in [0.1, 0.15) is 23.7 Å². The first-order valence-electron chi connectivity index (χ1n) is 4.84. The zero-order valence-electron chi connectivity index (χ0n) is 9.55. The summed E-state index contributed by atoms with van der Waals surface area (Å²) in [4.78, 5) is 16.9. The molecular formula is C10H17N3OS. The zero-order valence-corrected chi connectivity index (χ0v) is 10.4. The number of carbonyl (C=O) groups excluding carboxylic acids is 1. The third-order valence-corrected chi connectivity index (χ3v) is 3.18. The van der Waals surface area contributed by atoms with Gasteiger partial charge in [0.15, 0.2) is 0 Å². The minimum Gasteiger partial charge on any atom is -0.344 e. The van der Waals surface area contributed by atoms with E-state index in [1.807, 2.05) is 27.0 Å². The second-order valence-corrected chi connectivity index (χ2v) is 5.21. The van der Waals surface area contributed by atoms with Crippen LogP contribution in [0, 0.1) is 6.92 Å². The number of rotatable bonds is 4. The quantitative estimate of drug-likeness (QED) is 0.807. The average molecular weight is 227 g/mol. The van der Waals surface area contributed by atoms with E-state index < -0.39 is 5.54 Å². The standard InChI is InChI=1S/C10H17N3OS/c1-7-5-12-9(15-7)10(2,3)13-8(14)6-11-4/h5,11H,6H2,1-4H3,(H,13,14). The van der Waals surface area contributed by atoms with Gasteiger partial charge in [0, 0.05) is 11.1 Å². The molecule has 0 aromatic carbocycles. The Balaban J connectivity index is 2.70. The number of carbonyl (C=O) groups is 1. The Hall–Kier alpha value is -0.940. The lowest BCUT2D eigenvalue weighted by molar-refractivity contribution is -0.121. The van der Waals surface area contributed by atoms with Gasteiger partial charge in [-0.1, -0.05) is 0 Å². The fourth-order valence-electron chi connectivity index (χ4n) is 1.25. The third kappa shape index (κ3) is 3.28. The molecule has 1 aromatic heterocycles. The normalized spacial score (nSPS) is 11.5. The Morgan fingerprint density at radius 2 is 2.27 bits per heavy atom. The number of hydrogen-bond donors (Lipinski definition) is 2. The molecule has 0 spiro atoms. The summed E-state index contributed by atoms with van der Waals surface area (Å²) >= 11 is 1.61. The van der Waals surface area contributed by atoms with Crippen LogP contribution >= 0.6 is 11.3 Å². The van der Waals surface area contributed by atoms with E-state index in [4.69, 9.17) is 0 Å². The minimum absolute atomic E-state index is 0.0182. The van der Waals surface area contributed by atoms with Gasteiger partial charge in [0.1, 0.15) is 5.01 Å². The van der Waals surface area contributed by atoms with Crippen molar-refractivity contribution in [3.8, 4) is 0 Å². The molecule has 0 radical (unpaired) electrons. The first-order chi connectivity index (χ1) is 6.95. The topological polar surface area (TPSA) is 54.0 Å². The Labute approximate surface area is 94.1 Å². The van der Waals surface area contributed by atoms with Crippen LogP contribution in [0.5, 0.6) is 0 Å². The molecule has 0 atom stereocenters. The third-order valence-electron chi connectivity index (χ3n) is 1.95. The molecule has 1 aromatic rings. The smallest absolute Gasteiger partial charge is 0.234 e. The largest absolute Gasteiger partial charge is 0.344 e. The van der Waals surface area contributed by atoms with E-state index in [0.29, 0.717) is 6.54 Å². The average Bonchev–Trinajstić information content (AvgIpc) is 2.51. The van der Waals surface area contributed by atoms with Gasteiger partial charge in [-0.2, -0.15) is 0 Å². The van der Waals surface area contributed by atoms with Crippen LogP contribution in [-0.2, 0) is 10.3 Å². The van der Waals surface area contributed by atoms with E-state index in [-0.39, 0.29) is 5.91 Å². The summed E-state index contributed by atoms with van der Waals surface area (Å²) in [6.45, 7) is 6.25. The van der Waals surface area contributed by atoms with Crippen LogP contribution < -0.4 is 10.6 Å². The van der Waals surface area contributed by atoms with Gasteiger partial charge in [-0.05, 0) is 27.8 Å². The number of hydrogen-bond acceptors (Lipinski definition) is 4. The van der Waals surface area contributed by atoms with Crippen molar-refractivity contribution in [2.45, 2.75) is 26.3 Å². The van der Waals surface area contributed by atoms with Crippen molar-refractivity contribution in [2.75, 3.05) is 13.6 Å². The van der Waals surface area contributed by atoms with Gasteiger partial charge >= 0.3 is 0 Å². The summed E-state index contributed by atoms with van der Waals surface area (Å²) in [5, 5.41) is 6.69. The summed E-state index contributed by atoms with van der Waals surface area (Å²) in [6.07, 6.45) is 1.83. The predicted octanol–water partition coefficient (Wildman–Crippen LogP) is 1.02. The van der Waals surface area contributed by atoms with Crippen LogP contribution in [0.3, 0.4) is 0 Å². The molecule has 4 nitrogen and oxygen atoms in total. The number of likely N-dealkylation sites (N-methyl/N-ethyl adjacent to an activating group) is 1. The zero-order chi connectivity index (χ0) is 11.5. The van der Waals surface area contributed by atoms with Gasteiger partial charge in [-0.3, -0.25) is 4.79 Å². The van der Waals surface area contributed by atoms with Gasteiger partial charge in [0.2, 0.25) is 5.91 Å². The maximum atomic E-state index is 11.4. The molecule has 15 heavy (non-hydrogen) atoms. The van der Waals surface area contributed by atoms with E-state index >= 15 is 0 Å². The van der Waals surface area contributed by atoms with Crippen molar-refractivity contribution < 1.29 is 4.79 Å². The van der Waals surface area contributed by atoms with Gasteiger partial charge in [-0.15, -0.1) is 11.3 Å². The number of amides is 1. The maximum Gasteiger partial charge on any atom is 0.234 e. The summed E-state index contributed by atoms with van der Waals surface area (Å²) in [5.74, 6) is -0.0182. The Morgan fingerprint density at radius 1 is 1.60 bits per heavy atom. The van der Waals surface area contributed by atoms with E-state index in [9.17, 15) is 4.79 Å². The summed E-state index contributed by atoms with van der Waals surface area (Å²) < 4.78 is 0. The van der Waals surface area contributed by atoms with Gasteiger partial charge in [-0.25, -0.2) is 4.98 Å². The summed E-state index contributed by atoms with van der Waals surface area (Å²) in [5.41, 5.74) is -0.396.